The lowest BCUT2D eigenvalue weighted by Gasteiger charge is -2.60. The molecule has 2 heterocycles. The van der Waals surface area contributed by atoms with Crippen LogP contribution in [0.25, 0.3) is 0 Å². The second-order valence-corrected chi connectivity index (χ2v) is 17.1. The van der Waals surface area contributed by atoms with Gasteiger partial charge in [-0.2, -0.15) is 0 Å². The van der Waals surface area contributed by atoms with Gasteiger partial charge >= 0.3 is 14.5 Å². The van der Waals surface area contributed by atoms with Gasteiger partial charge in [0.15, 0.2) is 12.4 Å². The zero-order valence-corrected chi connectivity index (χ0v) is 24.0. The molecular weight excluding hydrogens is 476 g/mol. The van der Waals surface area contributed by atoms with Crippen LogP contribution < -0.4 is 0 Å². The molecule has 5 atom stereocenters. The minimum Gasteiger partial charge on any atom is -0.467 e. The lowest BCUT2D eigenvalue weighted by Crippen LogP contribution is -2.76. The van der Waals surface area contributed by atoms with Crippen molar-refractivity contribution in [3.05, 3.63) is 35.9 Å². The van der Waals surface area contributed by atoms with Crippen LogP contribution in [-0.4, -0.2) is 58.4 Å². The molecule has 1 aromatic carbocycles. The van der Waals surface area contributed by atoms with Crippen molar-refractivity contribution in [2.45, 2.75) is 127 Å². The maximum Gasteiger partial charge on any atom is 0.350 e. The van der Waals surface area contributed by atoms with Crippen molar-refractivity contribution in [3.63, 3.8) is 0 Å². The van der Waals surface area contributed by atoms with Crippen molar-refractivity contribution in [2.75, 3.05) is 7.11 Å². The molecule has 0 aromatic heterocycles. The standard InChI is InChI=1S/C28H44O7Si/c1-27(2,3)36(28(4,5)6)34-22-21(31-18-19-14-10-8-11-15-19)24(35-36)26(33-23(22)25(29)30-7)32-20-16-12-9-13-17-20/h8,10-11,14-15,20-24,26H,9,12-13,16-18H2,1-7H3/t21-,22-,23-,24+,26+/m0/s1. The summed E-state index contributed by atoms with van der Waals surface area (Å²) in [6, 6.07) is 9.99. The number of benzene rings is 1. The first-order valence-corrected chi connectivity index (χ1v) is 15.2. The molecule has 3 fully saturated rings. The highest BCUT2D eigenvalue weighted by molar-refractivity contribution is 6.73. The van der Waals surface area contributed by atoms with Crippen LogP contribution in [0.4, 0.5) is 0 Å². The summed E-state index contributed by atoms with van der Waals surface area (Å²) in [4.78, 5) is 13.1. The molecule has 0 unspecified atom stereocenters. The third kappa shape index (κ3) is 5.45. The highest BCUT2D eigenvalue weighted by Gasteiger charge is 2.69. The van der Waals surface area contributed by atoms with E-state index < -0.39 is 45.2 Å². The van der Waals surface area contributed by atoms with Crippen molar-refractivity contribution < 1.29 is 32.6 Å². The van der Waals surface area contributed by atoms with Crippen molar-refractivity contribution in [2.24, 2.45) is 0 Å². The Labute approximate surface area is 217 Å². The first-order chi connectivity index (χ1) is 17.0. The molecule has 2 aliphatic heterocycles. The van der Waals surface area contributed by atoms with Crippen LogP contribution in [0.2, 0.25) is 10.1 Å². The number of carbonyl (C=O) groups is 1. The fourth-order valence-corrected chi connectivity index (χ4v) is 11.1. The first-order valence-electron chi connectivity index (χ1n) is 13.4. The largest absolute Gasteiger partial charge is 0.467 e. The minimum absolute atomic E-state index is 0.0696. The normalized spacial score (nSPS) is 31.1. The second-order valence-electron chi connectivity index (χ2n) is 12.4. The summed E-state index contributed by atoms with van der Waals surface area (Å²) in [7, 11) is -1.61. The zero-order valence-electron chi connectivity index (χ0n) is 23.0. The third-order valence-corrected chi connectivity index (χ3v) is 12.8. The molecule has 0 radical (unpaired) electrons. The first kappa shape index (κ1) is 27.7. The van der Waals surface area contributed by atoms with Gasteiger partial charge in [0, 0.05) is 10.1 Å². The Balaban J connectivity index is 1.73. The van der Waals surface area contributed by atoms with Gasteiger partial charge in [-0.25, -0.2) is 4.79 Å². The van der Waals surface area contributed by atoms with Crippen molar-refractivity contribution in [1.29, 1.82) is 0 Å². The van der Waals surface area contributed by atoms with Gasteiger partial charge in [0.2, 0.25) is 0 Å². The van der Waals surface area contributed by atoms with Crippen LogP contribution >= 0.6 is 0 Å². The Morgan fingerprint density at radius 2 is 1.56 bits per heavy atom. The lowest BCUT2D eigenvalue weighted by molar-refractivity contribution is -0.329. The smallest absolute Gasteiger partial charge is 0.350 e. The van der Waals surface area contributed by atoms with E-state index in [0.717, 1.165) is 31.2 Å². The van der Waals surface area contributed by atoms with Gasteiger partial charge in [-0.05, 0) is 18.4 Å². The Hall–Kier alpha value is -1.29. The molecular formula is C28H44O7Si. The predicted molar refractivity (Wildman–Crippen MR) is 139 cm³/mol. The van der Waals surface area contributed by atoms with Crippen LogP contribution in [0.3, 0.4) is 0 Å². The van der Waals surface area contributed by atoms with E-state index in [9.17, 15) is 4.79 Å². The molecule has 8 heteroatoms. The van der Waals surface area contributed by atoms with Crippen molar-refractivity contribution in [1.82, 2.24) is 0 Å². The van der Waals surface area contributed by atoms with Crippen molar-refractivity contribution in [3.8, 4) is 0 Å². The van der Waals surface area contributed by atoms with E-state index in [1.807, 2.05) is 30.3 Å². The Morgan fingerprint density at radius 1 is 0.944 bits per heavy atom. The maximum atomic E-state index is 13.1. The SMILES string of the molecule is COC(=O)[C@H]1O[C@@H](OC2CCCCC2)[C@@H]2O[Si](C(C)(C)C)(C(C)(C)C)O[C@H]1[C@@H]2OCc1ccccc1. The molecule has 0 spiro atoms. The topological polar surface area (TPSA) is 72.5 Å². The summed E-state index contributed by atoms with van der Waals surface area (Å²) in [6.07, 6.45) is 2.10. The number of hydrogen-bond donors (Lipinski definition) is 0. The minimum atomic E-state index is -2.99. The van der Waals surface area contributed by atoms with E-state index in [2.05, 4.69) is 41.5 Å². The highest BCUT2D eigenvalue weighted by atomic mass is 28.4. The zero-order chi connectivity index (χ0) is 26.1. The van der Waals surface area contributed by atoms with E-state index in [4.69, 9.17) is 27.8 Å². The van der Waals surface area contributed by atoms with Gasteiger partial charge in [-0.15, -0.1) is 0 Å². The van der Waals surface area contributed by atoms with E-state index >= 15 is 0 Å². The fraction of sp³-hybridized carbons (Fsp3) is 0.750. The molecule has 3 aliphatic rings. The lowest BCUT2D eigenvalue weighted by atomic mass is 9.96. The van der Waals surface area contributed by atoms with E-state index in [1.165, 1.54) is 13.5 Å². The van der Waals surface area contributed by atoms with Gasteiger partial charge in [-0.1, -0.05) is 91.1 Å². The van der Waals surface area contributed by atoms with Gasteiger partial charge in [0.05, 0.1) is 19.8 Å². The maximum absolute atomic E-state index is 13.1. The van der Waals surface area contributed by atoms with Gasteiger partial charge < -0.3 is 27.8 Å². The van der Waals surface area contributed by atoms with E-state index in [0.29, 0.717) is 6.61 Å². The molecule has 1 aliphatic carbocycles. The van der Waals surface area contributed by atoms with Gasteiger partial charge in [-0.3, -0.25) is 0 Å². The molecule has 202 valence electrons. The second kappa shape index (κ2) is 10.8. The molecule has 4 rings (SSSR count). The Morgan fingerprint density at radius 3 is 2.14 bits per heavy atom. The van der Waals surface area contributed by atoms with Crippen molar-refractivity contribution >= 4 is 14.5 Å². The predicted octanol–water partition coefficient (Wildman–Crippen LogP) is 5.65. The number of methoxy groups -OCH3 is 1. The molecule has 2 bridgehead atoms. The summed E-state index contributed by atoms with van der Waals surface area (Å²) in [5.74, 6) is -0.475. The summed E-state index contributed by atoms with van der Waals surface area (Å²) < 4.78 is 38.6. The summed E-state index contributed by atoms with van der Waals surface area (Å²) in [5.41, 5.74) is 1.04. The van der Waals surface area contributed by atoms with Crippen LogP contribution in [0.5, 0.6) is 0 Å². The quantitative estimate of drug-likeness (QED) is 0.355. The Kier molecular flexibility index (Phi) is 8.34. The number of carbonyl (C=O) groups excluding carboxylic acids is 1. The summed E-state index contributed by atoms with van der Waals surface area (Å²) in [6.45, 7) is 13.3. The third-order valence-electron chi connectivity index (χ3n) is 7.67. The highest BCUT2D eigenvalue weighted by Crippen LogP contribution is 2.57. The van der Waals surface area contributed by atoms with Crippen LogP contribution in [0.1, 0.15) is 79.2 Å². The van der Waals surface area contributed by atoms with Gasteiger partial charge in [0.25, 0.3) is 0 Å². The van der Waals surface area contributed by atoms with E-state index in [1.54, 1.807) is 0 Å². The average Bonchev–Trinajstić information content (AvgIpc) is 2.83. The molecule has 2 saturated heterocycles. The molecule has 1 aromatic rings. The average molecular weight is 521 g/mol. The Bertz CT molecular complexity index is 858. The monoisotopic (exact) mass is 520 g/mol. The summed E-state index contributed by atoms with van der Waals surface area (Å²) >= 11 is 0. The van der Waals surface area contributed by atoms with E-state index in [-0.39, 0.29) is 16.2 Å². The van der Waals surface area contributed by atoms with Crippen LogP contribution in [0, 0.1) is 0 Å². The molecule has 0 amide bonds. The number of esters is 1. The molecule has 1 saturated carbocycles. The number of ether oxygens (including phenoxy) is 4. The molecule has 36 heavy (non-hydrogen) atoms. The number of hydrogen-bond acceptors (Lipinski definition) is 7. The molecule has 0 N–H and O–H groups in total. The number of rotatable bonds is 6. The van der Waals surface area contributed by atoms with Crippen LogP contribution in [0.15, 0.2) is 30.3 Å². The fourth-order valence-electron chi connectivity index (χ4n) is 6.07. The van der Waals surface area contributed by atoms with Gasteiger partial charge in [0.1, 0.15) is 18.3 Å². The molecule has 7 nitrogen and oxygen atoms in total. The van der Waals surface area contributed by atoms with Crippen LogP contribution in [-0.2, 0) is 39.2 Å². The number of fused-ring (bicyclic) bond motifs is 2. The summed E-state index contributed by atoms with van der Waals surface area (Å²) in [5, 5.41) is -0.556.